The monoisotopic (exact) mass is 749 g/mol. The zero-order valence-electron chi connectivity index (χ0n) is 27.2. The molecule has 3 unspecified atom stereocenters. The average Bonchev–Trinajstić information content (AvgIpc) is 3.74. The minimum Gasteiger partial charge on any atom is -0.388 e. The highest BCUT2D eigenvalue weighted by atomic mass is 33.1. The van der Waals surface area contributed by atoms with Crippen LogP contribution in [0.25, 0.3) is 0 Å². The highest BCUT2D eigenvalue weighted by Crippen LogP contribution is 2.79. The molecule has 2 aromatic carbocycles. The van der Waals surface area contributed by atoms with Crippen molar-refractivity contribution in [1.29, 1.82) is 0 Å². The molecule has 0 saturated carbocycles. The number of fused-ring (bicyclic) bond motifs is 11. The lowest BCUT2D eigenvalue weighted by molar-refractivity contribution is -0.170. The minimum absolute atomic E-state index is 0.224. The van der Waals surface area contributed by atoms with E-state index in [2.05, 4.69) is 11.9 Å². The molecule has 3 N–H and O–H groups in total. The molecule has 1 aliphatic carbocycles. The van der Waals surface area contributed by atoms with Gasteiger partial charge in [0.25, 0.3) is 17.7 Å². The van der Waals surface area contributed by atoms with Crippen molar-refractivity contribution >= 4 is 78.2 Å². The van der Waals surface area contributed by atoms with Crippen molar-refractivity contribution in [2.45, 2.75) is 75.0 Å². The first kappa shape index (κ1) is 31.6. The number of amides is 3. The van der Waals surface area contributed by atoms with Crippen LogP contribution in [0.5, 0.6) is 0 Å². The van der Waals surface area contributed by atoms with E-state index in [9.17, 15) is 29.4 Å². The minimum atomic E-state index is -1.86. The number of rotatable bonds is 3. The van der Waals surface area contributed by atoms with Crippen LogP contribution in [-0.4, -0.2) is 117 Å². The molecule has 9 aliphatic heterocycles. The van der Waals surface area contributed by atoms with Gasteiger partial charge in [-0.05, 0) is 75.4 Å². The summed E-state index contributed by atoms with van der Waals surface area (Å²) in [7, 11) is 7.36. The lowest BCUT2D eigenvalue weighted by Gasteiger charge is -2.60. The molecule has 10 aliphatic rings. The van der Waals surface area contributed by atoms with Gasteiger partial charge < -0.3 is 30.2 Å². The van der Waals surface area contributed by atoms with Crippen molar-refractivity contribution in [3.05, 3.63) is 77.5 Å². The Morgan fingerprint density at radius 1 is 0.760 bits per heavy atom. The number of ketones is 2. The fourth-order valence-corrected chi connectivity index (χ4v) is 18.9. The number of para-hydroxylation sites is 1. The van der Waals surface area contributed by atoms with E-state index in [0.29, 0.717) is 22.5 Å². The van der Waals surface area contributed by atoms with Crippen molar-refractivity contribution < 1.29 is 34.2 Å². The van der Waals surface area contributed by atoms with Gasteiger partial charge in [-0.25, -0.2) is 0 Å². The second-order valence-corrected chi connectivity index (χ2v) is 19.5. The van der Waals surface area contributed by atoms with Crippen molar-refractivity contribution in [3.63, 3.8) is 0 Å². The highest BCUT2D eigenvalue weighted by molar-refractivity contribution is 8.78. The Hall–Kier alpha value is -3.15. The predicted molar refractivity (Wildman–Crippen MR) is 189 cm³/mol. The third-order valence-electron chi connectivity index (χ3n) is 13.0. The van der Waals surface area contributed by atoms with Gasteiger partial charge in [0.2, 0.25) is 14.6 Å². The summed E-state index contributed by atoms with van der Waals surface area (Å²) in [4.78, 5) is 70.6. The van der Waals surface area contributed by atoms with Crippen LogP contribution in [0.15, 0.2) is 60.8 Å². The number of nitrogens with one attached hydrogen (secondary N) is 1. The largest absolute Gasteiger partial charge is 0.388 e. The number of piperazine rings is 2. The number of Topliss-reactive ketones (excluding diaryl/α,β-unsaturated/α-hetero) is 2. The van der Waals surface area contributed by atoms with Gasteiger partial charge in [0.1, 0.15) is 18.4 Å². The molecule has 2 spiro atoms. The number of benzene rings is 2. The molecule has 10 atom stereocenters. The van der Waals surface area contributed by atoms with Crippen molar-refractivity contribution in [2.75, 3.05) is 19.4 Å². The Labute approximate surface area is 302 Å². The molecule has 16 heteroatoms. The SMILES string of the molecule is C=C1N(C)[C@@]2(C(C)=O)SS[C@@]13[C@@H](O)C1([C@@]45c6ccccc6CC4N4C(=O)[C@]6(C(C)=O)SS[C@]4(C(=O)N6C)[C@H]5O)c4ccccc4NC1N3C2=O. The molecule has 4 bridgehead atoms. The van der Waals surface area contributed by atoms with Crippen LogP contribution in [0.1, 0.15) is 30.5 Å². The smallest absolute Gasteiger partial charge is 0.270 e. The summed E-state index contributed by atoms with van der Waals surface area (Å²) in [6.07, 6.45) is -3.95. The number of nitrogens with zero attached hydrogens (tertiary/aromatic N) is 4. The van der Waals surface area contributed by atoms with Gasteiger partial charge in [-0.15, -0.1) is 0 Å². The molecule has 258 valence electrons. The molecule has 12 rings (SSSR count). The third kappa shape index (κ3) is 2.61. The summed E-state index contributed by atoms with van der Waals surface area (Å²) in [6, 6.07) is 14.0. The zero-order valence-corrected chi connectivity index (χ0v) is 30.5. The number of anilines is 1. The Morgan fingerprint density at radius 3 is 2.00 bits per heavy atom. The van der Waals surface area contributed by atoms with Crippen LogP contribution in [-0.2, 0) is 41.2 Å². The summed E-state index contributed by atoms with van der Waals surface area (Å²) in [5.41, 5.74) is -0.208. The number of aliphatic hydroxyl groups excluding tert-OH is 2. The molecule has 9 heterocycles. The lowest BCUT2D eigenvalue weighted by atomic mass is 9.51. The average molecular weight is 750 g/mol. The number of carbonyl (C=O) groups excluding carboxylic acids is 5. The maximum Gasteiger partial charge on any atom is 0.270 e. The van der Waals surface area contributed by atoms with Gasteiger partial charge >= 0.3 is 0 Å². The Bertz CT molecular complexity index is 1960. The zero-order chi connectivity index (χ0) is 35.3. The molecule has 3 amide bonds. The van der Waals surface area contributed by atoms with Gasteiger partial charge in [-0.3, -0.25) is 28.9 Å². The molecule has 0 aromatic heterocycles. The summed E-state index contributed by atoms with van der Waals surface area (Å²) < 4.78 is 0. The van der Waals surface area contributed by atoms with E-state index in [4.69, 9.17) is 0 Å². The standard InChI is InChI=1S/C34H31N5O7S4/c1-15-31-24(43)30(20-12-8-9-13-21(20)35-25(30)39(31)28(46)32(16(2)40,36(15)4)48-47-31)29-19-11-7-6-10-18(19)14-22(29)38-27(45)33(17(3)41)37(5)26(44)34(38,23(29)42)50-49-33/h6-13,22-25,35,42-43H,1,14H2,2-5H3/t22?,23-,24-,25?,29-,30?,31+,32-,33-,34-/m0/s1. The Kier molecular flexibility index (Phi) is 5.73. The first-order valence-corrected chi connectivity index (χ1v) is 20.5. The molecule has 50 heavy (non-hydrogen) atoms. The normalized spacial score (nSPS) is 44.2. The van der Waals surface area contributed by atoms with E-state index in [1.807, 2.05) is 48.5 Å². The van der Waals surface area contributed by atoms with Crippen LogP contribution in [0.3, 0.4) is 0 Å². The summed E-state index contributed by atoms with van der Waals surface area (Å²) in [6.45, 7) is 7.07. The second kappa shape index (κ2) is 9.07. The number of hydrogen-bond acceptors (Lipinski definition) is 13. The fraction of sp³-hybridized carbons (Fsp3) is 0.441. The van der Waals surface area contributed by atoms with Crippen LogP contribution >= 0.6 is 43.2 Å². The van der Waals surface area contributed by atoms with Crippen molar-refractivity contribution in [3.8, 4) is 0 Å². The summed E-state index contributed by atoms with van der Waals surface area (Å²) in [5.74, 6) is -2.58. The molecule has 2 aromatic rings. The first-order chi connectivity index (χ1) is 23.7. The van der Waals surface area contributed by atoms with E-state index in [1.54, 1.807) is 16.8 Å². The molecular weight excluding hydrogens is 719 g/mol. The summed E-state index contributed by atoms with van der Waals surface area (Å²) in [5, 5.41) is 30.6. The van der Waals surface area contributed by atoms with Gasteiger partial charge in [0, 0.05) is 25.5 Å². The Morgan fingerprint density at radius 2 is 1.32 bits per heavy atom. The third-order valence-corrected chi connectivity index (χ3v) is 20.3. The number of likely N-dealkylation sites (N-methyl/N-ethyl adjacent to an activating group) is 2. The predicted octanol–water partition coefficient (Wildman–Crippen LogP) is 1.63. The van der Waals surface area contributed by atoms with Gasteiger partial charge in [0.15, 0.2) is 16.4 Å². The topological polar surface area (TPSA) is 151 Å². The molecule has 8 fully saturated rings. The van der Waals surface area contributed by atoms with E-state index < -0.39 is 84.0 Å². The molecule has 12 nitrogen and oxygen atoms in total. The summed E-state index contributed by atoms with van der Waals surface area (Å²) >= 11 is 0. The van der Waals surface area contributed by atoms with E-state index in [1.165, 1.54) is 41.5 Å². The maximum atomic E-state index is 15.0. The van der Waals surface area contributed by atoms with Gasteiger partial charge in [0.05, 0.1) is 16.9 Å². The molecule has 8 saturated heterocycles. The van der Waals surface area contributed by atoms with Crippen LogP contribution in [0, 0.1) is 0 Å². The number of aliphatic hydroxyl groups is 2. The fourth-order valence-electron chi connectivity index (χ4n) is 11.0. The lowest BCUT2D eigenvalue weighted by Crippen LogP contribution is -2.79. The first-order valence-electron chi connectivity index (χ1n) is 16.2. The maximum absolute atomic E-state index is 15.0. The van der Waals surface area contributed by atoms with Crippen LogP contribution in [0.4, 0.5) is 5.69 Å². The molecular formula is C34H31N5O7S4. The Balaban J connectivity index is 1.34. The van der Waals surface area contributed by atoms with E-state index >= 15 is 4.79 Å². The second-order valence-electron chi connectivity index (χ2n) is 14.4. The van der Waals surface area contributed by atoms with E-state index in [0.717, 1.165) is 37.9 Å². The van der Waals surface area contributed by atoms with Crippen molar-refractivity contribution in [2.24, 2.45) is 0 Å². The number of hydrogen-bond donors (Lipinski definition) is 3. The van der Waals surface area contributed by atoms with Crippen molar-refractivity contribution in [1.82, 2.24) is 19.6 Å². The van der Waals surface area contributed by atoms with Crippen LogP contribution in [0.2, 0.25) is 0 Å². The van der Waals surface area contributed by atoms with Gasteiger partial charge in [-0.2, -0.15) is 0 Å². The highest BCUT2D eigenvalue weighted by Gasteiger charge is 2.92. The quantitative estimate of drug-likeness (QED) is 0.309. The van der Waals surface area contributed by atoms with Crippen LogP contribution < -0.4 is 5.32 Å². The van der Waals surface area contributed by atoms with Gasteiger partial charge in [-0.1, -0.05) is 59.8 Å². The molecule has 0 radical (unpaired) electrons. The number of carbonyl (C=O) groups is 5. The van der Waals surface area contributed by atoms with E-state index in [-0.39, 0.29) is 6.42 Å².